The maximum Gasteiger partial charge on any atom is 0.408 e. The second-order valence-electron chi connectivity index (χ2n) is 7.35. The Morgan fingerprint density at radius 3 is 2.68 bits per heavy atom. The summed E-state index contributed by atoms with van der Waals surface area (Å²) >= 11 is 0. The maximum absolute atomic E-state index is 12.8. The molecule has 4 unspecified atom stereocenters. The van der Waals surface area contributed by atoms with Crippen molar-refractivity contribution in [3.63, 3.8) is 0 Å². The van der Waals surface area contributed by atoms with E-state index in [0.717, 1.165) is 12.0 Å². The van der Waals surface area contributed by atoms with E-state index in [4.69, 9.17) is 15.2 Å². The summed E-state index contributed by atoms with van der Waals surface area (Å²) in [6.45, 7) is 0.623. The van der Waals surface area contributed by atoms with Crippen molar-refractivity contribution in [3.05, 3.63) is 35.9 Å². The largest absolute Gasteiger partial charge is 0.469 e. The predicted octanol–water partition coefficient (Wildman–Crippen LogP) is 1.18. The van der Waals surface area contributed by atoms with Crippen molar-refractivity contribution < 1.29 is 23.9 Å². The van der Waals surface area contributed by atoms with E-state index in [9.17, 15) is 14.4 Å². The highest BCUT2D eigenvalue weighted by atomic mass is 16.5. The summed E-state index contributed by atoms with van der Waals surface area (Å²) in [6.07, 6.45) is 1.75. The number of carbonyl (C=O) groups excluding carboxylic acids is 3. The highest BCUT2D eigenvalue weighted by molar-refractivity contribution is 5.88. The molecule has 8 nitrogen and oxygen atoms in total. The molecule has 3 rings (SSSR count). The number of carbonyl (C=O) groups is 3. The summed E-state index contributed by atoms with van der Waals surface area (Å²) in [5, 5.41) is 2.64. The van der Waals surface area contributed by atoms with Gasteiger partial charge in [-0.15, -0.1) is 0 Å². The van der Waals surface area contributed by atoms with Crippen molar-refractivity contribution in [1.82, 2.24) is 10.2 Å². The first-order valence-corrected chi connectivity index (χ1v) is 9.60. The molecule has 28 heavy (non-hydrogen) atoms. The minimum Gasteiger partial charge on any atom is -0.469 e. The van der Waals surface area contributed by atoms with Crippen LogP contribution in [0, 0.1) is 5.92 Å². The van der Waals surface area contributed by atoms with Gasteiger partial charge in [-0.25, -0.2) is 4.79 Å². The van der Waals surface area contributed by atoms with Crippen LogP contribution in [0.5, 0.6) is 0 Å². The van der Waals surface area contributed by atoms with Crippen LogP contribution in [0.15, 0.2) is 30.3 Å². The number of esters is 1. The van der Waals surface area contributed by atoms with Gasteiger partial charge in [-0.05, 0) is 31.2 Å². The minimum atomic E-state index is -0.642. The molecule has 1 saturated heterocycles. The van der Waals surface area contributed by atoms with Gasteiger partial charge in [0.2, 0.25) is 5.91 Å². The van der Waals surface area contributed by atoms with Gasteiger partial charge in [0.05, 0.1) is 13.0 Å². The van der Waals surface area contributed by atoms with E-state index in [0.29, 0.717) is 25.8 Å². The van der Waals surface area contributed by atoms with Gasteiger partial charge < -0.3 is 25.4 Å². The third kappa shape index (κ3) is 4.62. The molecule has 1 saturated carbocycles. The zero-order valence-electron chi connectivity index (χ0n) is 16.0. The highest BCUT2D eigenvalue weighted by Crippen LogP contribution is 2.31. The number of likely N-dealkylation sites (tertiary alicyclic amines) is 1. The molecule has 0 spiro atoms. The van der Waals surface area contributed by atoms with Crippen molar-refractivity contribution in [2.75, 3.05) is 13.7 Å². The normalized spacial score (nSPS) is 27.4. The van der Waals surface area contributed by atoms with Crippen molar-refractivity contribution in [1.29, 1.82) is 0 Å². The van der Waals surface area contributed by atoms with Gasteiger partial charge in [-0.3, -0.25) is 9.59 Å². The summed E-state index contributed by atoms with van der Waals surface area (Å²) < 4.78 is 10.1. The van der Waals surface area contributed by atoms with E-state index >= 15 is 0 Å². The molecule has 1 aliphatic carbocycles. The van der Waals surface area contributed by atoms with Crippen LogP contribution in [0.1, 0.15) is 31.2 Å². The van der Waals surface area contributed by atoms with E-state index in [1.54, 1.807) is 4.90 Å². The summed E-state index contributed by atoms with van der Waals surface area (Å²) in [6, 6.07) is 8.37. The van der Waals surface area contributed by atoms with Gasteiger partial charge >= 0.3 is 12.1 Å². The molecule has 1 aromatic carbocycles. The van der Waals surface area contributed by atoms with Crippen LogP contribution in [0.3, 0.4) is 0 Å². The number of rotatable bonds is 5. The zero-order chi connectivity index (χ0) is 20.1. The number of alkyl carbamates (subject to hydrolysis) is 1. The topological polar surface area (TPSA) is 111 Å². The van der Waals surface area contributed by atoms with E-state index in [1.807, 2.05) is 30.3 Å². The number of nitrogens with two attached hydrogens (primary N) is 1. The van der Waals surface area contributed by atoms with Crippen molar-refractivity contribution >= 4 is 18.0 Å². The Balaban J connectivity index is 1.56. The lowest BCUT2D eigenvalue weighted by Gasteiger charge is -2.38. The average Bonchev–Trinajstić information content (AvgIpc) is 3.06. The van der Waals surface area contributed by atoms with Gasteiger partial charge in [-0.2, -0.15) is 0 Å². The Bertz CT molecular complexity index is 711. The van der Waals surface area contributed by atoms with Crippen LogP contribution in [-0.2, 0) is 25.7 Å². The van der Waals surface area contributed by atoms with Crippen LogP contribution in [0.25, 0.3) is 0 Å². The quantitative estimate of drug-likeness (QED) is 0.732. The lowest BCUT2D eigenvalue weighted by molar-refractivity contribution is -0.151. The predicted molar refractivity (Wildman–Crippen MR) is 101 cm³/mol. The zero-order valence-corrected chi connectivity index (χ0v) is 16.0. The van der Waals surface area contributed by atoms with Gasteiger partial charge in [0.25, 0.3) is 0 Å². The number of hydrogen-bond acceptors (Lipinski definition) is 6. The molecule has 4 atom stereocenters. The molecule has 3 N–H and O–H groups in total. The molecule has 2 amide bonds. The summed E-state index contributed by atoms with van der Waals surface area (Å²) in [4.78, 5) is 38.7. The third-order valence-electron chi connectivity index (χ3n) is 5.50. The van der Waals surface area contributed by atoms with Crippen LogP contribution in [-0.4, -0.2) is 54.6 Å². The summed E-state index contributed by atoms with van der Waals surface area (Å²) in [5.74, 6) is -0.959. The Labute approximate surface area is 164 Å². The van der Waals surface area contributed by atoms with Gasteiger partial charge in [0.1, 0.15) is 12.6 Å². The van der Waals surface area contributed by atoms with Crippen LogP contribution in [0.4, 0.5) is 4.79 Å². The number of methoxy groups -OCH3 is 1. The molecule has 1 heterocycles. The number of nitrogens with zero attached hydrogens (tertiary/aromatic N) is 1. The molecule has 152 valence electrons. The molecule has 0 bridgehead atoms. The highest BCUT2D eigenvalue weighted by Gasteiger charge is 2.44. The lowest BCUT2D eigenvalue weighted by atomic mass is 9.81. The molecular weight excluding hydrogens is 362 g/mol. The second kappa shape index (κ2) is 9.05. The number of hydrogen-bond donors (Lipinski definition) is 2. The van der Waals surface area contributed by atoms with Gasteiger partial charge in [-0.1, -0.05) is 30.3 Å². The number of nitrogens with one attached hydrogen (secondary N) is 1. The van der Waals surface area contributed by atoms with Crippen molar-refractivity contribution in [2.45, 2.75) is 50.4 Å². The molecular formula is C20H27N3O5. The molecule has 0 radical (unpaired) electrons. The van der Waals surface area contributed by atoms with E-state index in [2.05, 4.69) is 5.32 Å². The van der Waals surface area contributed by atoms with Crippen LogP contribution < -0.4 is 11.1 Å². The lowest BCUT2D eigenvalue weighted by Crippen LogP contribution is -2.52. The SMILES string of the molecule is COC(=O)C1CC(N)CCC1N1CCC(NC(=O)OCc2ccccc2)C1=O. The molecule has 0 aromatic heterocycles. The third-order valence-corrected chi connectivity index (χ3v) is 5.50. The fourth-order valence-electron chi connectivity index (χ4n) is 4.04. The number of amides is 2. The molecule has 2 fully saturated rings. The molecule has 1 aromatic rings. The summed E-state index contributed by atoms with van der Waals surface area (Å²) in [7, 11) is 1.35. The fourth-order valence-corrected chi connectivity index (χ4v) is 4.04. The second-order valence-corrected chi connectivity index (χ2v) is 7.35. The Morgan fingerprint density at radius 2 is 1.96 bits per heavy atom. The van der Waals surface area contributed by atoms with E-state index in [-0.39, 0.29) is 30.6 Å². The smallest absolute Gasteiger partial charge is 0.408 e. The molecule has 1 aliphatic heterocycles. The summed E-state index contributed by atoms with van der Waals surface area (Å²) in [5.41, 5.74) is 6.87. The first-order valence-electron chi connectivity index (χ1n) is 9.60. The molecule has 8 heteroatoms. The van der Waals surface area contributed by atoms with Crippen molar-refractivity contribution in [3.8, 4) is 0 Å². The average molecular weight is 389 g/mol. The van der Waals surface area contributed by atoms with Gasteiger partial charge in [0.15, 0.2) is 0 Å². The van der Waals surface area contributed by atoms with E-state index in [1.165, 1.54) is 7.11 Å². The number of ether oxygens (including phenoxy) is 2. The van der Waals surface area contributed by atoms with Gasteiger partial charge in [0, 0.05) is 18.6 Å². The molecule has 2 aliphatic rings. The van der Waals surface area contributed by atoms with E-state index < -0.39 is 18.1 Å². The Morgan fingerprint density at radius 1 is 1.21 bits per heavy atom. The number of benzene rings is 1. The van der Waals surface area contributed by atoms with Crippen LogP contribution >= 0.6 is 0 Å². The van der Waals surface area contributed by atoms with Crippen LogP contribution in [0.2, 0.25) is 0 Å². The standard InChI is InChI=1S/C20H27N3O5/c1-27-19(25)15-11-14(21)7-8-17(15)23-10-9-16(18(23)24)22-20(26)28-12-13-5-3-2-4-6-13/h2-6,14-17H,7-12,21H2,1H3,(H,22,26). The fraction of sp³-hybridized carbons (Fsp3) is 0.550. The first-order chi connectivity index (χ1) is 13.5. The van der Waals surface area contributed by atoms with Crippen molar-refractivity contribution in [2.24, 2.45) is 11.7 Å². The maximum atomic E-state index is 12.8. The Kier molecular flexibility index (Phi) is 6.51. The first kappa shape index (κ1) is 20.1. The Hall–Kier alpha value is -2.61. The minimum absolute atomic E-state index is 0.0695. The monoisotopic (exact) mass is 389 g/mol.